The number of halogens is 1. The zero-order valence-electron chi connectivity index (χ0n) is 9.75. The van der Waals surface area contributed by atoms with Crippen LogP contribution in [0, 0.1) is 5.92 Å². The van der Waals surface area contributed by atoms with Crippen LogP contribution >= 0.6 is 15.9 Å². The third kappa shape index (κ3) is 2.58. The Labute approximate surface area is 106 Å². The van der Waals surface area contributed by atoms with Gasteiger partial charge in [-0.1, -0.05) is 35.3 Å². The van der Waals surface area contributed by atoms with E-state index in [2.05, 4.69) is 33.8 Å². The van der Waals surface area contributed by atoms with Crippen LogP contribution in [0.2, 0.25) is 0 Å². The van der Waals surface area contributed by atoms with Crippen molar-refractivity contribution < 1.29 is 0 Å². The number of anilines is 1. The summed E-state index contributed by atoms with van der Waals surface area (Å²) in [5.74, 6) is 0.878. The third-order valence-corrected chi connectivity index (χ3v) is 4.23. The molecule has 1 unspecified atom stereocenters. The SMILES string of the molecule is CCC1CCN(Cc2c(N)cccc2Br)C1. The van der Waals surface area contributed by atoms with E-state index in [4.69, 9.17) is 5.73 Å². The summed E-state index contributed by atoms with van der Waals surface area (Å²) in [7, 11) is 0. The zero-order chi connectivity index (χ0) is 11.5. The molecule has 1 fully saturated rings. The molecule has 0 amide bonds. The van der Waals surface area contributed by atoms with E-state index in [-0.39, 0.29) is 0 Å². The van der Waals surface area contributed by atoms with Crippen molar-refractivity contribution in [2.24, 2.45) is 5.92 Å². The van der Waals surface area contributed by atoms with Crippen LogP contribution in [0.25, 0.3) is 0 Å². The second-order valence-corrected chi connectivity index (χ2v) is 5.46. The average molecular weight is 283 g/mol. The number of rotatable bonds is 3. The number of benzene rings is 1. The van der Waals surface area contributed by atoms with E-state index in [1.165, 1.54) is 31.5 Å². The van der Waals surface area contributed by atoms with E-state index in [0.29, 0.717) is 0 Å². The van der Waals surface area contributed by atoms with Gasteiger partial charge in [-0.15, -0.1) is 0 Å². The quantitative estimate of drug-likeness (QED) is 0.863. The van der Waals surface area contributed by atoms with Gasteiger partial charge in [0, 0.05) is 28.8 Å². The van der Waals surface area contributed by atoms with Crippen LogP contribution in [0.15, 0.2) is 22.7 Å². The molecule has 1 aliphatic rings. The fourth-order valence-electron chi connectivity index (χ4n) is 2.36. The highest BCUT2D eigenvalue weighted by molar-refractivity contribution is 9.10. The van der Waals surface area contributed by atoms with Crippen LogP contribution in [-0.4, -0.2) is 18.0 Å². The molecule has 2 N–H and O–H groups in total. The molecule has 1 aromatic carbocycles. The Kier molecular flexibility index (Phi) is 3.87. The van der Waals surface area contributed by atoms with Gasteiger partial charge in [-0.3, -0.25) is 4.90 Å². The van der Waals surface area contributed by atoms with Gasteiger partial charge in [0.1, 0.15) is 0 Å². The molecule has 2 nitrogen and oxygen atoms in total. The van der Waals surface area contributed by atoms with Crippen LogP contribution in [0.5, 0.6) is 0 Å². The summed E-state index contributed by atoms with van der Waals surface area (Å²) >= 11 is 3.58. The van der Waals surface area contributed by atoms with Crippen LogP contribution in [0.1, 0.15) is 25.3 Å². The van der Waals surface area contributed by atoms with Gasteiger partial charge in [-0.25, -0.2) is 0 Å². The Bertz CT molecular complexity index is 345. The lowest BCUT2D eigenvalue weighted by atomic mass is 10.1. The molecule has 1 atom stereocenters. The molecule has 1 aromatic rings. The number of hydrogen-bond donors (Lipinski definition) is 1. The first kappa shape index (κ1) is 11.9. The predicted octanol–water partition coefficient (Wildman–Crippen LogP) is 3.26. The summed E-state index contributed by atoms with van der Waals surface area (Å²) in [6.45, 7) is 5.68. The minimum Gasteiger partial charge on any atom is -0.398 e. The molecule has 1 aliphatic heterocycles. The van der Waals surface area contributed by atoms with E-state index in [0.717, 1.165) is 22.6 Å². The fraction of sp³-hybridized carbons (Fsp3) is 0.538. The molecular formula is C13H19BrN2. The van der Waals surface area contributed by atoms with Crippen molar-refractivity contribution >= 4 is 21.6 Å². The molecular weight excluding hydrogens is 264 g/mol. The second kappa shape index (κ2) is 5.19. The van der Waals surface area contributed by atoms with Crippen molar-refractivity contribution in [2.75, 3.05) is 18.8 Å². The largest absolute Gasteiger partial charge is 0.398 e. The molecule has 0 aromatic heterocycles. The summed E-state index contributed by atoms with van der Waals surface area (Å²) < 4.78 is 1.13. The highest BCUT2D eigenvalue weighted by Crippen LogP contribution is 2.27. The minimum atomic E-state index is 0.878. The van der Waals surface area contributed by atoms with Gasteiger partial charge >= 0.3 is 0 Å². The molecule has 1 saturated heterocycles. The van der Waals surface area contributed by atoms with Crippen molar-refractivity contribution in [3.8, 4) is 0 Å². The summed E-state index contributed by atoms with van der Waals surface area (Å²) in [6, 6.07) is 6.04. The number of nitrogen functional groups attached to an aromatic ring is 1. The third-order valence-electron chi connectivity index (χ3n) is 3.48. The molecule has 0 bridgehead atoms. The van der Waals surface area contributed by atoms with Gasteiger partial charge in [0.2, 0.25) is 0 Å². The average Bonchev–Trinajstić information content (AvgIpc) is 2.71. The number of nitrogens with zero attached hydrogens (tertiary/aromatic N) is 1. The lowest BCUT2D eigenvalue weighted by Gasteiger charge is -2.18. The van der Waals surface area contributed by atoms with Crippen molar-refractivity contribution in [1.29, 1.82) is 0 Å². The molecule has 0 radical (unpaired) electrons. The van der Waals surface area contributed by atoms with Gasteiger partial charge in [0.25, 0.3) is 0 Å². The zero-order valence-corrected chi connectivity index (χ0v) is 11.3. The van der Waals surface area contributed by atoms with E-state index in [9.17, 15) is 0 Å². The van der Waals surface area contributed by atoms with Gasteiger partial charge in [-0.05, 0) is 31.0 Å². The molecule has 16 heavy (non-hydrogen) atoms. The lowest BCUT2D eigenvalue weighted by molar-refractivity contribution is 0.315. The summed E-state index contributed by atoms with van der Waals surface area (Å²) in [4.78, 5) is 2.50. The summed E-state index contributed by atoms with van der Waals surface area (Å²) in [5, 5.41) is 0. The first-order valence-electron chi connectivity index (χ1n) is 5.96. The minimum absolute atomic E-state index is 0.878. The number of likely N-dealkylation sites (tertiary alicyclic amines) is 1. The van der Waals surface area contributed by atoms with Gasteiger partial charge < -0.3 is 5.73 Å². The molecule has 2 rings (SSSR count). The van der Waals surface area contributed by atoms with Crippen molar-refractivity contribution in [2.45, 2.75) is 26.3 Å². The van der Waals surface area contributed by atoms with Crippen molar-refractivity contribution in [1.82, 2.24) is 4.90 Å². The Balaban J connectivity index is 2.04. The first-order valence-corrected chi connectivity index (χ1v) is 6.75. The molecule has 88 valence electrons. The Hall–Kier alpha value is -0.540. The van der Waals surface area contributed by atoms with Crippen LogP contribution in [0.3, 0.4) is 0 Å². The van der Waals surface area contributed by atoms with Gasteiger partial charge in [0.15, 0.2) is 0 Å². The monoisotopic (exact) mass is 282 g/mol. The normalized spacial score (nSPS) is 21.5. The van der Waals surface area contributed by atoms with Crippen molar-refractivity contribution in [3.05, 3.63) is 28.2 Å². The Morgan fingerprint density at radius 2 is 2.31 bits per heavy atom. The first-order chi connectivity index (χ1) is 7.70. The highest BCUT2D eigenvalue weighted by Gasteiger charge is 2.21. The topological polar surface area (TPSA) is 29.3 Å². The molecule has 0 aliphatic carbocycles. The standard InChI is InChI=1S/C13H19BrN2/c1-2-10-6-7-16(8-10)9-11-12(14)4-3-5-13(11)15/h3-5,10H,2,6-9,15H2,1H3. The van der Waals surface area contributed by atoms with E-state index >= 15 is 0 Å². The molecule has 3 heteroatoms. The summed E-state index contributed by atoms with van der Waals surface area (Å²) in [5.41, 5.74) is 8.14. The van der Waals surface area contributed by atoms with E-state index in [1.807, 2.05) is 12.1 Å². The molecule has 0 spiro atoms. The smallest absolute Gasteiger partial charge is 0.0371 e. The maximum Gasteiger partial charge on any atom is 0.0371 e. The molecule has 1 heterocycles. The Morgan fingerprint density at radius 3 is 2.94 bits per heavy atom. The van der Waals surface area contributed by atoms with Crippen LogP contribution in [0.4, 0.5) is 5.69 Å². The highest BCUT2D eigenvalue weighted by atomic mass is 79.9. The number of nitrogens with two attached hydrogens (primary N) is 1. The lowest BCUT2D eigenvalue weighted by Crippen LogP contribution is -2.21. The Morgan fingerprint density at radius 1 is 1.50 bits per heavy atom. The van der Waals surface area contributed by atoms with Gasteiger partial charge in [-0.2, -0.15) is 0 Å². The summed E-state index contributed by atoms with van der Waals surface area (Å²) in [6.07, 6.45) is 2.63. The van der Waals surface area contributed by atoms with Gasteiger partial charge in [0.05, 0.1) is 0 Å². The fourth-order valence-corrected chi connectivity index (χ4v) is 2.86. The second-order valence-electron chi connectivity index (χ2n) is 4.61. The van der Waals surface area contributed by atoms with Crippen LogP contribution in [-0.2, 0) is 6.54 Å². The van der Waals surface area contributed by atoms with E-state index < -0.39 is 0 Å². The van der Waals surface area contributed by atoms with E-state index in [1.54, 1.807) is 0 Å². The maximum absolute atomic E-state index is 6.01. The van der Waals surface area contributed by atoms with Crippen LogP contribution < -0.4 is 5.73 Å². The number of hydrogen-bond acceptors (Lipinski definition) is 2. The molecule has 0 saturated carbocycles. The predicted molar refractivity (Wildman–Crippen MR) is 72.2 cm³/mol. The maximum atomic E-state index is 6.01. The van der Waals surface area contributed by atoms with Crippen molar-refractivity contribution in [3.63, 3.8) is 0 Å².